The molecule has 0 unspecified atom stereocenters. The lowest BCUT2D eigenvalue weighted by molar-refractivity contribution is -0.148. The molecule has 1 fully saturated rings. The number of thiophene rings is 1. The molecule has 5 rings (SSSR count). The molecule has 0 bridgehead atoms. The normalized spacial score (nSPS) is 15.1. The Morgan fingerprint density at radius 1 is 1.09 bits per heavy atom. The average molecular weight is 625 g/mol. The summed E-state index contributed by atoms with van der Waals surface area (Å²) in [6, 6.07) is 12.0. The number of carbonyl (C=O) groups is 1. The Morgan fingerprint density at radius 3 is 2.49 bits per heavy atom. The Balaban J connectivity index is 1.29. The summed E-state index contributed by atoms with van der Waals surface area (Å²) in [7, 11) is 0. The van der Waals surface area contributed by atoms with Crippen LogP contribution in [-0.2, 0) is 12.8 Å². The van der Waals surface area contributed by atoms with Gasteiger partial charge < -0.3 is 9.84 Å². The van der Waals surface area contributed by atoms with E-state index in [0.29, 0.717) is 53.1 Å². The second-order valence-corrected chi connectivity index (χ2v) is 11.2. The Bertz CT molecular complexity index is 1610. The summed E-state index contributed by atoms with van der Waals surface area (Å²) in [6.45, 7) is 1.93. The van der Waals surface area contributed by atoms with Crippen LogP contribution < -0.4 is 4.74 Å². The van der Waals surface area contributed by atoms with Crippen LogP contribution in [0.3, 0.4) is 0 Å². The first kappa shape index (κ1) is 30.5. The molecule has 14 heteroatoms. The molecule has 1 N–H and O–H groups in total. The second-order valence-electron chi connectivity index (χ2n) is 10.3. The van der Waals surface area contributed by atoms with Gasteiger partial charge in [-0.15, -0.1) is 11.3 Å². The van der Waals surface area contributed by atoms with Crippen molar-refractivity contribution in [3.8, 4) is 22.1 Å². The molecule has 4 heterocycles. The molecule has 0 atom stereocenters. The van der Waals surface area contributed by atoms with Crippen molar-refractivity contribution >= 4 is 17.3 Å². The zero-order valence-electron chi connectivity index (χ0n) is 22.7. The van der Waals surface area contributed by atoms with Gasteiger partial charge in [0.1, 0.15) is 17.9 Å². The summed E-state index contributed by atoms with van der Waals surface area (Å²) < 4.78 is 85.8. The highest BCUT2D eigenvalue weighted by atomic mass is 32.1. The number of piperidine rings is 1. The van der Waals surface area contributed by atoms with Crippen molar-refractivity contribution in [2.75, 3.05) is 19.6 Å². The third kappa shape index (κ3) is 7.02. The number of aryl methyl sites for hydroxylation is 1. The molecule has 1 aliphatic heterocycles. The molecule has 0 saturated carbocycles. The van der Waals surface area contributed by atoms with Crippen molar-refractivity contribution in [1.29, 1.82) is 0 Å². The standard InChI is InChI=1S/C29H26F6N4O3S/c1-17-13-19(18-7-10-38(11-8-18)16-28(30,31)32)5-6-23(17)42-15-20-9-12-43-25(20)22-3-2-4-24(37-22)39-26(29(33,34)35)21(14-36-39)27(40)41/h2-6,9,12-14,18H,7-8,10-11,15-16H2,1H3,(H,40,41). The number of alkyl halides is 6. The van der Waals surface area contributed by atoms with E-state index in [1.165, 1.54) is 28.4 Å². The predicted octanol–water partition coefficient (Wildman–Crippen LogP) is 7.34. The van der Waals surface area contributed by atoms with Crippen molar-refractivity contribution < 1.29 is 41.0 Å². The lowest BCUT2D eigenvalue weighted by Crippen LogP contribution is -2.39. The van der Waals surface area contributed by atoms with Gasteiger partial charge in [-0.25, -0.2) is 14.5 Å². The van der Waals surface area contributed by atoms with Crippen LogP contribution in [0.4, 0.5) is 26.3 Å². The van der Waals surface area contributed by atoms with Crippen molar-refractivity contribution in [3.05, 3.63) is 82.0 Å². The zero-order valence-corrected chi connectivity index (χ0v) is 23.6. The van der Waals surface area contributed by atoms with Gasteiger partial charge in [0.05, 0.1) is 23.3 Å². The minimum atomic E-state index is -4.97. The summed E-state index contributed by atoms with van der Waals surface area (Å²) in [6.07, 6.45) is -7.25. The molecule has 1 aliphatic rings. The van der Waals surface area contributed by atoms with Crippen molar-refractivity contribution in [3.63, 3.8) is 0 Å². The van der Waals surface area contributed by atoms with Crippen LogP contribution in [0.2, 0.25) is 0 Å². The Kier molecular flexibility index (Phi) is 8.52. The number of ether oxygens (including phenoxy) is 1. The molecule has 228 valence electrons. The molecule has 7 nitrogen and oxygen atoms in total. The summed E-state index contributed by atoms with van der Waals surface area (Å²) in [4.78, 5) is 17.8. The Morgan fingerprint density at radius 2 is 1.84 bits per heavy atom. The smallest absolute Gasteiger partial charge is 0.434 e. The van der Waals surface area contributed by atoms with Crippen LogP contribution in [0.5, 0.6) is 5.75 Å². The highest BCUT2D eigenvalue weighted by Gasteiger charge is 2.41. The molecule has 1 aromatic carbocycles. The quantitative estimate of drug-likeness (QED) is 0.207. The number of nitrogens with zero attached hydrogens (tertiary/aromatic N) is 4. The van der Waals surface area contributed by atoms with E-state index in [2.05, 4.69) is 10.1 Å². The zero-order chi connectivity index (χ0) is 30.9. The highest BCUT2D eigenvalue weighted by molar-refractivity contribution is 7.13. The maximum absolute atomic E-state index is 13.7. The molecule has 3 aromatic heterocycles. The van der Waals surface area contributed by atoms with Gasteiger partial charge in [0.2, 0.25) is 0 Å². The van der Waals surface area contributed by atoms with Crippen LogP contribution in [0, 0.1) is 6.92 Å². The SMILES string of the molecule is Cc1cc(C2CCN(CC(F)(F)F)CC2)ccc1OCc1ccsc1-c1cccc(-n2ncc(C(=O)O)c2C(F)(F)F)n1. The number of rotatable bonds is 8. The number of pyridine rings is 1. The van der Waals surface area contributed by atoms with Gasteiger partial charge >= 0.3 is 18.3 Å². The van der Waals surface area contributed by atoms with Crippen LogP contribution in [0.15, 0.2) is 54.0 Å². The first-order valence-corrected chi connectivity index (χ1v) is 14.1. The van der Waals surface area contributed by atoms with Crippen LogP contribution >= 0.6 is 11.3 Å². The van der Waals surface area contributed by atoms with Gasteiger partial charge in [-0.05, 0) is 79.5 Å². The van der Waals surface area contributed by atoms with Crippen molar-refractivity contribution in [1.82, 2.24) is 19.7 Å². The highest BCUT2D eigenvalue weighted by Crippen LogP contribution is 2.36. The summed E-state index contributed by atoms with van der Waals surface area (Å²) in [5.74, 6) is -1.14. The number of aromatic nitrogens is 3. The molecule has 1 saturated heterocycles. The van der Waals surface area contributed by atoms with Crippen LogP contribution in [-0.4, -0.2) is 56.6 Å². The number of carboxylic acids is 1. The van der Waals surface area contributed by atoms with E-state index in [9.17, 15) is 36.2 Å². The van der Waals surface area contributed by atoms with Crippen molar-refractivity contribution in [2.45, 2.75) is 44.6 Å². The number of hydrogen-bond acceptors (Lipinski definition) is 6. The fourth-order valence-corrected chi connectivity index (χ4v) is 6.10. The largest absolute Gasteiger partial charge is 0.489 e. The van der Waals surface area contributed by atoms with E-state index >= 15 is 0 Å². The van der Waals surface area contributed by atoms with Crippen LogP contribution in [0.1, 0.15) is 51.5 Å². The molecular weight excluding hydrogens is 598 g/mol. The van der Waals surface area contributed by atoms with E-state index < -0.39 is 36.1 Å². The topological polar surface area (TPSA) is 80.5 Å². The van der Waals surface area contributed by atoms with E-state index in [0.717, 1.165) is 16.7 Å². The number of carboxylic acid groups (broad SMARTS) is 1. The summed E-state index contributed by atoms with van der Waals surface area (Å²) in [5.41, 5.74) is 0.646. The summed E-state index contributed by atoms with van der Waals surface area (Å²) >= 11 is 1.33. The minimum absolute atomic E-state index is 0.152. The maximum Gasteiger partial charge on any atom is 0.434 e. The molecule has 4 aromatic rings. The first-order valence-electron chi connectivity index (χ1n) is 13.3. The predicted molar refractivity (Wildman–Crippen MR) is 147 cm³/mol. The molecule has 0 spiro atoms. The number of hydrogen-bond donors (Lipinski definition) is 1. The van der Waals surface area contributed by atoms with Crippen LogP contribution in [0.25, 0.3) is 16.4 Å². The fourth-order valence-electron chi connectivity index (χ4n) is 5.22. The minimum Gasteiger partial charge on any atom is -0.489 e. The molecule has 0 radical (unpaired) electrons. The fraction of sp³-hybridized carbons (Fsp3) is 0.345. The number of likely N-dealkylation sites (tertiary alicyclic amines) is 1. The van der Waals surface area contributed by atoms with E-state index in [-0.39, 0.29) is 18.3 Å². The van der Waals surface area contributed by atoms with Gasteiger partial charge in [0, 0.05) is 5.56 Å². The Labute approximate surface area is 246 Å². The number of benzene rings is 1. The third-order valence-electron chi connectivity index (χ3n) is 7.24. The third-order valence-corrected chi connectivity index (χ3v) is 8.22. The van der Waals surface area contributed by atoms with E-state index in [1.54, 1.807) is 11.4 Å². The lowest BCUT2D eigenvalue weighted by atomic mass is 9.88. The summed E-state index contributed by atoms with van der Waals surface area (Å²) in [5, 5.41) is 14.7. The number of aromatic carboxylic acids is 1. The van der Waals surface area contributed by atoms with Crippen molar-refractivity contribution in [2.24, 2.45) is 0 Å². The average Bonchev–Trinajstić information content (AvgIpc) is 3.60. The maximum atomic E-state index is 13.7. The molecule has 0 aliphatic carbocycles. The first-order chi connectivity index (χ1) is 20.3. The number of halogens is 6. The van der Waals surface area contributed by atoms with Gasteiger partial charge in [-0.1, -0.05) is 18.2 Å². The van der Waals surface area contributed by atoms with Gasteiger partial charge in [0.15, 0.2) is 11.5 Å². The second kappa shape index (κ2) is 12.0. The monoisotopic (exact) mass is 624 g/mol. The van der Waals surface area contributed by atoms with E-state index in [4.69, 9.17) is 4.74 Å². The molecule has 0 amide bonds. The molecular formula is C29H26F6N4O3S. The van der Waals surface area contributed by atoms with E-state index in [1.807, 2.05) is 31.2 Å². The van der Waals surface area contributed by atoms with Gasteiger partial charge in [-0.3, -0.25) is 4.90 Å². The van der Waals surface area contributed by atoms with Gasteiger partial charge in [-0.2, -0.15) is 31.4 Å². The molecule has 43 heavy (non-hydrogen) atoms. The Hall–Kier alpha value is -3.91. The van der Waals surface area contributed by atoms with Gasteiger partial charge in [0.25, 0.3) is 0 Å². The lowest BCUT2D eigenvalue weighted by Gasteiger charge is -2.32.